The van der Waals surface area contributed by atoms with Gasteiger partial charge in [-0.05, 0) is 30.3 Å². The minimum atomic E-state index is -0.365. The average Bonchev–Trinajstić information content (AvgIpc) is 2.49. The van der Waals surface area contributed by atoms with E-state index >= 15 is 0 Å². The molecule has 0 heterocycles. The molecule has 0 atom stereocenters. The smallest absolute Gasteiger partial charge is 0.257 e. The highest BCUT2D eigenvalue weighted by Crippen LogP contribution is 2.24. The quantitative estimate of drug-likeness (QED) is 0.598. The highest BCUT2D eigenvalue weighted by Gasteiger charge is 2.12. The van der Waals surface area contributed by atoms with Gasteiger partial charge < -0.3 is 10.7 Å². The van der Waals surface area contributed by atoms with Crippen LogP contribution in [0.4, 0.5) is 11.4 Å². The molecule has 0 aliphatic heterocycles. The molecule has 0 saturated heterocycles. The van der Waals surface area contributed by atoms with Crippen molar-refractivity contribution in [1.82, 2.24) is 0 Å². The van der Waals surface area contributed by atoms with Crippen LogP contribution in [0.25, 0.3) is 0 Å². The Morgan fingerprint density at radius 1 is 1.20 bits per heavy atom. The molecule has 0 aliphatic rings. The Kier molecular flexibility index (Phi) is 4.20. The first-order chi connectivity index (χ1) is 9.65. The topological polar surface area (TPSA) is 90.9 Å². The summed E-state index contributed by atoms with van der Waals surface area (Å²) in [7, 11) is 0. The largest absolute Gasteiger partial charge is 0.323 e. The molecule has 20 heavy (non-hydrogen) atoms. The number of anilines is 2. The van der Waals surface area contributed by atoms with Gasteiger partial charge in [-0.3, -0.25) is 10.6 Å². The van der Waals surface area contributed by atoms with E-state index in [2.05, 4.69) is 10.7 Å². The lowest BCUT2D eigenvalue weighted by Crippen LogP contribution is -2.17. The number of rotatable bonds is 3. The van der Waals surface area contributed by atoms with Crippen molar-refractivity contribution in [3.8, 4) is 6.07 Å². The van der Waals surface area contributed by atoms with Crippen LogP contribution < -0.4 is 16.6 Å². The van der Waals surface area contributed by atoms with Gasteiger partial charge in [-0.25, -0.2) is 0 Å². The molecule has 0 spiro atoms. The van der Waals surface area contributed by atoms with E-state index in [1.54, 1.807) is 36.4 Å². The molecular weight excluding hydrogens is 276 g/mol. The Hall–Kier alpha value is -2.55. The number of nitriles is 1. The zero-order valence-electron chi connectivity index (χ0n) is 10.4. The van der Waals surface area contributed by atoms with E-state index in [0.717, 1.165) is 0 Å². The summed E-state index contributed by atoms with van der Waals surface area (Å²) in [5.41, 5.74) is 4.12. The number of nitrogen functional groups attached to an aromatic ring is 1. The van der Waals surface area contributed by atoms with Crippen LogP contribution in [0.15, 0.2) is 42.5 Å². The number of benzene rings is 2. The van der Waals surface area contributed by atoms with Crippen molar-refractivity contribution in [3.05, 3.63) is 58.6 Å². The number of hydrogen-bond donors (Lipinski definition) is 3. The summed E-state index contributed by atoms with van der Waals surface area (Å²) in [5, 5.41) is 11.9. The maximum Gasteiger partial charge on any atom is 0.257 e. The first kappa shape index (κ1) is 13.9. The van der Waals surface area contributed by atoms with E-state index in [1.807, 2.05) is 6.07 Å². The summed E-state index contributed by atoms with van der Waals surface area (Å²) in [5.74, 6) is 4.99. The number of carbonyl (C=O) groups is 1. The number of nitrogens with two attached hydrogens (primary N) is 1. The van der Waals surface area contributed by atoms with Crippen LogP contribution in [0.1, 0.15) is 15.9 Å². The van der Waals surface area contributed by atoms with E-state index < -0.39 is 0 Å². The van der Waals surface area contributed by atoms with E-state index in [1.165, 1.54) is 6.07 Å². The van der Waals surface area contributed by atoms with Crippen molar-refractivity contribution in [2.24, 2.45) is 5.84 Å². The molecule has 0 unspecified atom stereocenters. The van der Waals surface area contributed by atoms with Crippen molar-refractivity contribution in [3.63, 3.8) is 0 Å². The van der Waals surface area contributed by atoms with Gasteiger partial charge in [0, 0.05) is 0 Å². The molecule has 4 N–H and O–H groups in total. The van der Waals surface area contributed by atoms with Crippen LogP contribution in [-0.2, 0) is 0 Å². The van der Waals surface area contributed by atoms with Gasteiger partial charge in [0.1, 0.15) is 0 Å². The molecule has 1 amide bonds. The first-order valence-corrected chi connectivity index (χ1v) is 6.10. The molecule has 6 heteroatoms. The standard InChI is InChI=1S/C14H11ClN4O/c15-11-6-5-9(8-16)7-13(11)18-14(20)10-3-1-2-4-12(10)19-17/h1-7,19H,17H2,(H,18,20). The molecular formula is C14H11ClN4O. The Balaban J connectivity index is 2.30. The van der Waals surface area contributed by atoms with E-state index in [9.17, 15) is 4.79 Å². The third-order valence-electron chi connectivity index (χ3n) is 2.67. The SMILES string of the molecule is N#Cc1ccc(Cl)c(NC(=O)c2ccccc2NN)c1. The predicted octanol–water partition coefficient (Wildman–Crippen LogP) is 2.75. The minimum Gasteiger partial charge on any atom is -0.323 e. The number of carbonyl (C=O) groups excluding carboxylic acids is 1. The van der Waals surface area contributed by atoms with E-state index in [4.69, 9.17) is 22.7 Å². The van der Waals surface area contributed by atoms with Gasteiger partial charge in [0.05, 0.1) is 33.6 Å². The van der Waals surface area contributed by atoms with Gasteiger partial charge in [-0.15, -0.1) is 0 Å². The lowest BCUT2D eigenvalue weighted by atomic mass is 10.1. The number of hydrogen-bond acceptors (Lipinski definition) is 4. The Morgan fingerprint density at radius 3 is 2.65 bits per heavy atom. The van der Waals surface area contributed by atoms with Crippen LogP contribution in [0.5, 0.6) is 0 Å². The molecule has 5 nitrogen and oxygen atoms in total. The maximum absolute atomic E-state index is 12.2. The molecule has 0 aliphatic carbocycles. The Bertz CT molecular complexity index is 694. The molecule has 2 aromatic rings. The summed E-state index contributed by atoms with van der Waals surface area (Å²) in [6.07, 6.45) is 0. The predicted molar refractivity (Wildman–Crippen MR) is 78.4 cm³/mol. The summed E-state index contributed by atoms with van der Waals surface area (Å²) in [6, 6.07) is 13.4. The molecule has 0 saturated carbocycles. The maximum atomic E-state index is 12.2. The van der Waals surface area contributed by atoms with Crippen molar-refractivity contribution >= 4 is 28.9 Å². The monoisotopic (exact) mass is 286 g/mol. The molecule has 0 fully saturated rings. The van der Waals surface area contributed by atoms with Crippen LogP contribution in [-0.4, -0.2) is 5.91 Å². The first-order valence-electron chi connectivity index (χ1n) is 5.72. The van der Waals surface area contributed by atoms with E-state index in [0.29, 0.717) is 27.5 Å². The summed E-state index contributed by atoms with van der Waals surface area (Å²) < 4.78 is 0. The van der Waals surface area contributed by atoms with Crippen LogP contribution in [0.3, 0.4) is 0 Å². The number of amides is 1. The number of halogens is 1. The molecule has 2 rings (SSSR count). The molecule has 100 valence electrons. The summed E-state index contributed by atoms with van der Waals surface area (Å²) in [4.78, 5) is 12.2. The van der Waals surface area contributed by atoms with Crippen molar-refractivity contribution in [2.45, 2.75) is 0 Å². The van der Waals surface area contributed by atoms with Crippen LogP contribution in [0, 0.1) is 11.3 Å². The molecule has 0 bridgehead atoms. The minimum absolute atomic E-state index is 0.357. The van der Waals surface area contributed by atoms with Gasteiger partial charge in [-0.1, -0.05) is 23.7 Å². The van der Waals surface area contributed by atoms with Crippen LogP contribution in [0.2, 0.25) is 5.02 Å². The fourth-order valence-electron chi connectivity index (χ4n) is 1.69. The average molecular weight is 287 g/mol. The zero-order valence-corrected chi connectivity index (χ0v) is 11.1. The van der Waals surface area contributed by atoms with Gasteiger partial charge in [0.15, 0.2) is 0 Å². The molecule has 0 radical (unpaired) electrons. The third-order valence-corrected chi connectivity index (χ3v) is 3.00. The summed E-state index contributed by atoms with van der Waals surface area (Å²) in [6.45, 7) is 0. The van der Waals surface area contributed by atoms with Crippen molar-refractivity contribution in [1.29, 1.82) is 5.26 Å². The Morgan fingerprint density at radius 2 is 1.95 bits per heavy atom. The van der Waals surface area contributed by atoms with Gasteiger partial charge in [-0.2, -0.15) is 5.26 Å². The number of nitrogens with one attached hydrogen (secondary N) is 2. The second-order valence-electron chi connectivity index (χ2n) is 3.95. The summed E-state index contributed by atoms with van der Waals surface area (Å²) >= 11 is 5.99. The van der Waals surface area contributed by atoms with E-state index in [-0.39, 0.29) is 5.91 Å². The second-order valence-corrected chi connectivity index (χ2v) is 4.36. The Labute approximate surface area is 120 Å². The number of hydrazine groups is 1. The second kappa shape index (κ2) is 6.06. The number of para-hydroxylation sites is 1. The normalized spacial score (nSPS) is 9.65. The van der Waals surface area contributed by atoms with Crippen molar-refractivity contribution in [2.75, 3.05) is 10.7 Å². The lowest BCUT2D eigenvalue weighted by Gasteiger charge is -2.10. The molecule has 2 aromatic carbocycles. The zero-order chi connectivity index (χ0) is 14.5. The third kappa shape index (κ3) is 2.88. The van der Waals surface area contributed by atoms with Crippen LogP contribution >= 0.6 is 11.6 Å². The lowest BCUT2D eigenvalue weighted by molar-refractivity contribution is 0.102. The van der Waals surface area contributed by atoms with Gasteiger partial charge >= 0.3 is 0 Å². The fourth-order valence-corrected chi connectivity index (χ4v) is 1.85. The fraction of sp³-hybridized carbons (Fsp3) is 0. The highest BCUT2D eigenvalue weighted by atomic mass is 35.5. The van der Waals surface area contributed by atoms with Gasteiger partial charge in [0.2, 0.25) is 0 Å². The highest BCUT2D eigenvalue weighted by molar-refractivity contribution is 6.34. The number of nitrogens with zero attached hydrogens (tertiary/aromatic N) is 1. The van der Waals surface area contributed by atoms with Gasteiger partial charge in [0.25, 0.3) is 5.91 Å². The molecule has 0 aromatic heterocycles. The van der Waals surface area contributed by atoms with Crippen molar-refractivity contribution < 1.29 is 4.79 Å².